The van der Waals surface area contributed by atoms with Crippen molar-refractivity contribution in [2.24, 2.45) is 0 Å². The van der Waals surface area contributed by atoms with Gasteiger partial charge in [0.1, 0.15) is 6.04 Å². The molecule has 0 aromatic heterocycles. The molecule has 7 heteroatoms. The summed E-state index contributed by atoms with van der Waals surface area (Å²) in [5.41, 5.74) is 0.913. The summed E-state index contributed by atoms with van der Waals surface area (Å²) in [4.78, 5) is 28.2. The third-order valence-electron chi connectivity index (χ3n) is 4.51. The highest BCUT2D eigenvalue weighted by atomic mass is 35.5. The number of rotatable bonds is 3. The Hall–Kier alpha value is -0.910. The van der Waals surface area contributed by atoms with Gasteiger partial charge < -0.3 is 9.80 Å². The summed E-state index contributed by atoms with van der Waals surface area (Å²) in [6.07, 6.45) is 1.35. The van der Waals surface area contributed by atoms with Crippen LogP contribution in [0.5, 0.6) is 0 Å². The zero-order valence-electron chi connectivity index (χ0n) is 13.0. The third-order valence-corrected chi connectivity index (χ3v) is 6.75. The van der Waals surface area contributed by atoms with Crippen LogP contribution in [0.3, 0.4) is 0 Å². The zero-order valence-corrected chi connectivity index (χ0v) is 15.3. The van der Waals surface area contributed by atoms with Crippen LogP contribution in [0.4, 0.5) is 0 Å². The molecule has 0 bridgehead atoms. The molecular weight excluding hydrogens is 355 g/mol. The Morgan fingerprint density at radius 3 is 2.87 bits per heavy atom. The van der Waals surface area contributed by atoms with Crippen molar-refractivity contribution in [2.75, 3.05) is 12.8 Å². The topological polar surface area (TPSA) is 40.6 Å². The predicted molar refractivity (Wildman–Crippen MR) is 93.7 cm³/mol. The Kier molecular flexibility index (Phi) is 4.55. The lowest BCUT2D eigenvalue weighted by Crippen LogP contribution is -2.50. The highest BCUT2D eigenvalue weighted by molar-refractivity contribution is 8.01. The van der Waals surface area contributed by atoms with Crippen LogP contribution in [-0.2, 0) is 16.1 Å². The van der Waals surface area contributed by atoms with Crippen LogP contribution in [0.25, 0.3) is 0 Å². The summed E-state index contributed by atoms with van der Waals surface area (Å²) in [6, 6.07) is 4.98. The van der Waals surface area contributed by atoms with E-state index in [2.05, 4.69) is 6.92 Å². The van der Waals surface area contributed by atoms with Crippen molar-refractivity contribution in [3.05, 3.63) is 33.8 Å². The number of amides is 2. The molecule has 2 fully saturated rings. The molecule has 3 rings (SSSR count). The van der Waals surface area contributed by atoms with Gasteiger partial charge in [0.25, 0.3) is 0 Å². The highest BCUT2D eigenvalue weighted by Crippen LogP contribution is 2.47. The van der Waals surface area contributed by atoms with Crippen molar-refractivity contribution in [3.8, 4) is 0 Å². The second kappa shape index (κ2) is 6.19. The minimum atomic E-state index is -0.368. The minimum absolute atomic E-state index is 0.0254. The zero-order chi connectivity index (χ0) is 16.8. The van der Waals surface area contributed by atoms with Crippen LogP contribution >= 0.6 is 35.0 Å². The third kappa shape index (κ3) is 3.06. The summed E-state index contributed by atoms with van der Waals surface area (Å²) in [6.45, 7) is 2.49. The summed E-state index contributed by atoms with van der Waals surface area (Å²) in [7, 11) is 1.76. The first kappa shape index (κ1) is 16.9. The van der Waals surface area contributed by atoms with E-state index < -0.39 is 0 Å². The maximum Gasteiger partial charge on any atom is 0.246 e. The van der Waals surface area contributed by atoms with Crippen molar-refractivity contribution in [1.82, 2.24) is 9.80 Å². The van der Waals surface area contributed by atoms with Crippen LogP contribution in [0.2, 0.25) is 10.0 Å². The van der Waals surface area contributed by atoms with E-state index in [0.29, 0.717) is 28.8 Å². The van der Waals surface area contributed by atoms with Gasteiger partial charge in [-0.15, -0.1) is 11.8 Å². The average molecular weight is 373 g/mol. The van der Waals surface area contributed by atoms with Crippen molar-refractivity contribution >= 4 is 46.8 Å². The molecule has 0 N–H and O–H groups in total. The number of likely N-dealkylation sites (N-methyl/N-ethyl adjacent to an activating group) is 1. The number of fused-ring (bicyclic) bond motifs is 1. The number of carbonyl (C=O) groups is 2. The molecule has 2 aliphatic rings. The van der Waals surface area contributed by atoms with Gasteiger partial charge in [0.15, 0.2) is 0 Å². The van der Waals surface area contributed by atoms with E-state index in [1.807, 2.05) is 6.07 Å². The van der Waals surface area contributed by atoms with E-state index in [9.17, 15) is 9.59 Å². The monoisotopic (exact) mass is 372 g/mol. The first-order valence-corrected chi connectivity index (χ1v) is 9.21. The standard InChI is InChI=1S/C16H18Cl2N2O2S/c1-16-6-5-14(21)20(16)13(9-23-16)15(22)19(2)8-10-3-4-11(17)12(18)7-10/h3-4,7,13H,5-6,8-9H2,1-2H3/t13-,16-/m1/s1. The Morgan fingerprint density at radius 1 is 1.43 bits per heavy atom. The lowest BCUT2D eigenvalue weighted by atomic mass is 10.1. The molecule has 0 saturated carbocycles. The molecule has 2 heterocycles. The number of benzene rings is 1. The molecule has 1 aromatic rings. The van der Waals surface area contributed by atoms with Crippen LogP contribution in [0.1, 0.15) is 25.3 Å². The van der Waals surface area contributed by atoms with Gasteiger partial charge in [0.05, 0.1) is 14.9 Å². The Balaban J connectivity index is 1.72. The van der Waals surface area contributed by atoms with Crippen LogP contribution < -0.4 is 0 Å². The van der Waals surface area contributed by atoms with E-state index in [1.54, 1.807) is 40.7 Å². The molecule has 2 atom stereocenters. The van der Waals surface area contributed by atoms with Gasteiger partial charge in [-0.3, -0.25) is 9.59 Å². The molecule has 2 amide bonds. The Morgan fingerprint density at radius 2 is 2.17 bits per heavy atom. The molecule has 0 spiro atoms. The second-order valence-electron chi connectivity index (χ2n) is 6.21. The summed E-state index contributed by atoms with van der Waals surface area (Å²) in [5.74, 6) is 0.716. The number of halogens is 2. The van der Waals surface area contributed by atoms with Crippen molar-refractivity contribution in [1.29, 1.82) is 0 Å². The maximum atomic E-state index is 12.8. The Bertz CT molecular complexity index is 669. The summed E-state index contributed by atoms with van der Waals surface area (Å²) < 4.78 is 0. The fourth-order valence-electron chi connectivity index (χ4n) is 3.25. The van der Waals surface area contributed by atoms with Crippen molar-refractivity contribution in [2.45, 2.75) is 37.2 Å². The number of hydrogen-bond acceptors (Lipinski definition) is 3. The van der Waals surface area contributed by atoms with E-state index in [4.69, 9.17) is 23.2 Å². The van der Waals surface area contributed by atoms with Gasteiger partial charge in [-0.25, -0.2) is 0 Å². The van der Waals surface area contributed by atoms with Crippen LogP contribution in [-0.4, -0.2) is 45.3 Å². The maximum absolute atomic E-state index is 12.8. The van der Waals surface area contributed by atoms with E-state index in [0.717, 1.165) is 12.0 Å². The van der Waals surface area contributed by atoms with Gasteiger partial charge >= 0.3 is 0 Å². The lowest BCUT2D eigenvalue weighted by Gasteiger charge is -2.32. The number of nitrogens with zero attached hydrogens (tertiary/aromatic N) is 2. The number of carbonyl (C=O) groups excluding carboxylic acids is 2. The molecular formula is C16H18Cl2N2O2S. The minimum Gasteiger partial charge on any atom is -0.340 e. The summed E-state index contributed by atoms with van der Waals surface area (Å²) in [5, 5.41) is 0.971. The molecule has 2 saturated heterocycles. The first-order chi connectivity index (χ1) is 10.8. The van der Waals surface area contributed by atoms with Crippen molar-refractivity contribution < 1.29 is 9.59 Å². The van der Waals surface area contributed by atoms with Crippen molar-refractivity contribution in [3.63, 3.8) is 0 Å². The lowest BCUT2D eigenvalue weighted by molar-refractivity contribution is -0.143. The average Bonchev–Trinajstić information content (AvgIpc) is 2.99. The van der Waals surface area contributed by atoms with Gasteiger partial charge in [0.2, 0.25) is 11.8 Å². The molecule has 2 aliphatic heterocycles. The molecule has 1 aromatic carbocycles. The fraction of sp³-hybridized carbons (Fsp3) is 0.500. The molecule has 0 radical (unpaired) electrons. The molecule has 124 valence electrons. The molecule has 23 heavy (non-hydrogen) atoms. The molecule has 0 unspecified atom stereocenters. The SMILES string of the molecule is CN(Cc1ccc(Cl)c(Cl)c1)C(=O)[C@H]1CS[C@]2(C)CCC(=O)N12. The molecule has 0 aliphatic carbocycles. The first-order valence-electron chi connectivity index (χ1n) is 7.47. The Labute approximate surface area is 150 Å². The van der Waals surface area contributed by atoms with Crippen LogP contribution in [0, 0.1) is 0 Å². The quantitative estimate of drug-likeness (QED) is 0.816. The van der Waals surface area contributed by atoms with Gasteiger partial charge in [0, 0.05) is 25.8 Å². The summed E-state index contributed by atoms with van der Waals surface area (Å²) >= 11 is 13.6. The van der Waals surface area contributed by atoms with Gasteiger partial charge in [-0.2, -0.15) is 0 Å². The van der Waals surface area contributed by atoms with Gasteiger partial charge in [-0.05, 0) is 31.0 Å². The van der Waals surface area contributed by atoms with Gasteiger partial charge in [-0.1, -0.05) is 29.3 Å². The smallest absolute Gasteiger partial charge is 0.246 e. The number of thioether (sulfide) groups is 1. The normalized spacial score (nSPS) is 26.5. The largest absolute Gasteiger partial charge is 0.340 e. The number of hydrogen-bond donors (Lipinski definition) is 0. The second-order valence-corrected chi connectivity index (χ2v) is 8.52. The van der Waals surface area contributed by atoms with E-state index in [1.165, 1.54) is 0 Å². The fourth-order valence-corrected chi connectivity index (χ4v) is 4.99. The molecule has 4 nitrogen and oxygen atoms in total. The predicted octanol–water partition coefficient (Wildman–Crippen LogP) is 3.41. The highest BCUT2D eigenvalue weighted by Gasteiger charge is 2.53. The van der Waals surface area contributed by atoms with E-state index in [-0.39, 0.29) is 22.7 Å². The van der Waals surface area contributed by atoms with E-state index >= 15 is 0 Å². The van der Waals surface area contributed by atoms with Crippen LogP contribution in [0.15, 0.2) is 18.2 Å².